The molecule has 0 bridgehead atoms. The molecule has 38 heavy (non-hydrogen) atoms. The Morgan fingerprint density at radius 1 is 1.32 bits per heavy atom. The van der Waals surface area contributed by atoms with Gasteiger partial charge in [-0.3, -0.25) is 4.79 Å². The zero-order valence-electron chi connectivity index (χ0n) is 21.1. The number of nitrogens with one attached hydrogen (secondary N) is 1. The Kier molecular flexibility index (Phi) is 8.47. The average Bonchev–Trinajstić information content (AvgIpc) is 3.57. The maximum atomic E-state index is 13.1. The van der Waals surface area contributed by atoms with Gasteiger partial charge in [0.2, 0.25) is 5.91 Å². The van der Waals surface area contributed by atoms with Crippen molar-refractivity contribution in [1.29, 1.82) is 0 Å². The number of ether oxygens (including phenoxy) is 2. The van der Waals surface area contributed by atoms with Gasteiger partial charge in [-0.15, -0.1) is 6.58 Å². The summed E-state index contributed by atoms with van der Waals surface area (Å²) < 4.78 is 52.0. The van der Waals surface area contributed by atoms with E-state index in [1.807, 2.05) is 6.08 Å². The molecule has 2 atom stereocenters. The Bertz CT molecular complexity index is 1310. The number of aromatic nitrogens is 3. The number of pyridine rings is 1. The minimum atomic E-state index is -4.60. The van der Waals surface area contributed by atoms with E-state index in [0.29, 0.717) is 41.9 Å². The Hall–Kier alpha value is -3.31. The molecule has 204 valence electrons. The molecule has 0 unspecified atom stereocenters. The van der Waals surface area contributed by atoms with Crippen molar-refractivity contribution in [3.8, 4) is 17.3 Å². The summed E-state index contributed by atoms with van der Waals surface area (Å²) in [4.78, 5) is 19.1. The van der Waals surface area contributed by atoms with E-state index in [-0.39, 0.29) is 22.9 Å². The quantitative estimate of drug-likeness (QED) is 0.281. The van der Waals surface area contributed by atoms with Gasteiger partial charge in [-0.05, 0) is 37.5 Å². The van der Waals surface area contributed by atoms with Crippen LogP contribution in [0.3, 0.4) is 0 Å². The highest BCUT2D eigenvalue weighted by molar-refractivity contribution is 6.36. The summed E-state index contributed by atoms with van der Waals surface area (Å²) >= 11 is 6.51. The van der Waals surface area contributed by atoms with Crippen LogP contribution in [0.2, 0.25) is 5.02 Å². The van der Waals surface area contributed by atoms with Gasteiger partial charge in [-0.1, -0.05) is 17.7 Å². The molecule has 1 N–H and O–H groups in total. The molecule has 3 aromatic rings. The summed E-state index contributed by atoms with van der Waals surface area (Å²) in [6.45, 7) is 4.78. The number of rotatable bonds is 10. The molecule has 1 aliphatic rings. The van der Waals surface area contributed by atoms with Crippen LogP contribution in [0.4, 0.5) is 13.2 Å². The van der Waals surface area contributed by atoms with Gasteiger partial charge < -0.3 is 19.7 Å². The van der Waals surface area contributed by atoms with Gasteiger partial charge in [0.15, 0.2) is 11.5 Å². The smallest absolute Gasteiger partial charge is 0.435 e. The first-order valence-electron chi connectivity index (χ1n) is 12.2. The van der Waals surface area contributed by atoms with Gasteiger partial charge in [-0.25, -0.2) is 9.67 Å². The molecule has 0 spiro atoms. The van der Waals surface area contributed by atoms with Gasteiger partial charge in [0, 0.05) is 44.2 Å². The van der Waals surface area contributed by atoms with Crippen LogP contribution in [-0.2, 0) is 11.0 Å². The zero-order chi connectivity index (χ0) is 27.4. The topological polar surface area (TPSA) is 81.5 Å². The molecule has 1 fully saturated rings. The van der Waals surface area contributed by atoms with Crippen molar-refractivity contribution >= 4 is 28.4 Å². The summed E-state index contributed by atoms with van der Waals surface area (Å²) in [5.74, 6) is 0.793. The number of carbonyl (C=O) groups excluding carboxylic acids is 1. The van der Waals surface area contributed by atoms with E-state index < -0.39 is 17.9 Å². The number of unbranched alkanes of at least 4 members (excludes halogenated alkanes) is 2. The molecule has 0 saturated carbocycles. The fourth-order valence-electron chi connectivity index (χ4n) is 4.35. The van der Waals surface area contributed by atoms with Crippen LogP contribution in [0.25, 0.3) is 16.7 Å². The molecular formula is C26H29ClF3N5O3. The molecule has 1 aliphatic heterocycles. The third-order valence-electron chi connectivity index (χ3n) is 6.38. The van der Waals surface area contributed by atoms with Crippen molar-refractivity contribution in [3.63, 3.8) is 0 Å². The Labute approximate surface area is 223 Å². The third-order valence-corrected chi connectivity index (χ3v) is 6.74. The number of hydrogen-bond donors (Lipinski definition) is 1. The summed E-state index contributed by atoms with van der Waals surface area (Å²) in [6.07, 6.45) is 1.27. The van der Waals surface area contributed by atoms with E-state index in [4.69, 9.17) is 21.1 Å². The summed E-state index contributed by atoms with van der Waals surface area (Å²) in [5.41, 5.74) is -0.756. The summed E-state index contributed by atoms with van der Waals surface area (Å²) in [7, 11) is 3.23. The largest absolute Gasteiger partial charge is 0.495 e. The zero-order valence-corrected chi connectivity index (χ0v) is 21.8. The van der Waals surface area contributed by atoms with Gasteiger partial charge in [0.1, 0.15) is 22.6 Å². The maximum absolute atomic E-state index is 13.1. The van der Waals surface area contributed by atoms with Crippen LogP contribution >= 0.6 is 11.6 Å². The number of methoxy groups -OCH3 is 1. The SMILES string of the molecule is C=CCCCCN(C)C(=O)[C@@H]1C[C@H](Oc2cc(-n3ccc(C(F)(F)F)n3)nc3c(Cl)c(OC)ccc23)CN1. The number of allylic oxidation sites excluding steroid dienone is 1. The predicted molar refractivity (Wildman–Crippen MR) is 138 cm³/mol. The highest BCUT2D eigenvalue weighted by atomic mass is 35.5. The fraction of sp³-hybridized carbons (Fsp3) is 0.423. The number of halogens is 4. The number of hydrogen-bond acceptors (Lipinski definition) is 6. The molecule has 2 aromatic heterocycles. The van der Waals surface area contributed by atoms with E-state index in [0.717, 1.165) is 30.0 Å². The van der Waals surface area contributed by atoms with E-state index in [2.05, 4.69) is 22.0 Å². The summed E-state index contributed by atoms with van der Waals surface area (Å²) in [6, 6.07) is 5.36. The maximum Gasteiger partial charge on any atom is 0.435 e. The molecule has 1 saturated heterocycles. The van der Waals surface area contributed by atoms with Crippen molar-refractivity contribution in [3.05, 3.63) is 53.8 Å². The molecule has 4 rings (SSSR count). The minimum absolute atomic E-state index is 0.0148. The second-order valence-electron chi connectivity index (χ2n) is 9.08. The van der Waals surface area contributed by atoms with Crippen LogP contribution in [-0.4, -0.2) is 65.0 Å². The minimum Gasteiger partial charge on any atom is -0.495 e. The van der Waals surface area contributed by atoms with Crippen molar-refractivity contribution in [2.75, 3.05) is 27.2 Å². The lowest BCUT2D eigenvalue weighted by molar-refractivity contribution is -0.141. The van der Waals surface area contributed by atoms with Crippen molar-refractivity contribution in [2.45, 2.75) is 44.0 Å². The predicted octanol–water partition coefficient (Wildman–Crippen LogP) is 5.03. The molecule has 8 nitrogen and oxygen atoms in total. The lowest BCUT2D eigenvalue weighted by Gasteiger charge is -2.21. The van der Waals surface area contributed by atoms with Crippen molar-refractivity contribution < 1.29 is 27.4 Å². The first-order chi connectivity index (χ1) is 18.1. The highest BCUT2D eigenvalue weighted by Crippen LogP contribution is 2.38. The molecular weight excluding hydrogens is 523 g/mol. The van der Waals surface area contributed by atoms with Crippen molar-refractivity contribution in [1.82, 2.24) is 25.0 Å². The number of likely N-dealkylation sites (N-methyl/N-ethyl adjacent to an activating group) is 1. The highest BCUT2D eigenvalue weighted by Gasteiger charge is 2.35. The van der Waals surface area contributed by atoms with Crippen LogP contribution < -0.4 is 14.8 Å². The average molecular weight is 552 g/mol. The van der Waals surface area contributed by atoms with E-state index in [1.165, 1.54) is 19.4 Å². The third kappa shape index (κ3) is 6.05. The molecule has 3 heterocycles. The number of alkyl halides is 3. The van der Waals surface area contributed by atoms with Gasteiger partial charge in [0.25, 0.3) is 0 Å². The molecule has 1 amide bonds. The monoisotopic (exact) mass is 551 g/mol. The van der Waals surface area contributed by atoms with E-state index in [9.17, 15) is 18.0 Å². The first kappa shape index (κ1) is 27.7. The van der Waals surface area contributed by atoms with Crippen LogP contribution in [0, 0.1) is 0 Å². The second kappa shape index (κ2) is 11.6. The molecule has 12 heteroatoms. The van der Waals surface area contributed by atoms with E-state index >= 15 is 0 Å². The fourth-order valence-corrected chi connectivity index (χ4v) is 4.63. The number of nitrogens with zero attached hydrogens (tertiary/aromatic N) is 4. The molecule has 0 aliphatic carbocycles. The Morgan fingerprint density at radius 3 is 2.79 bits per heavy atom. The number of amides is 1. The van der Waals surface area contributed by atoms with Gasteiger partial charge in [0.05, 0.1) is 18.7 Å². The number of fused-ring (bicyclic) bond motifs is 1. The number of carbonyl (C=O) groups is 1. The van der Waals surface area contributed by atoms with E-state index in [1.54, 1.807) is 24.1 Å². The van der Waals surface area contributed by atoms with Crippen LogP contribution in [0.5, 0.6) is 11.5 Å². The number of benzene rings is 1. The lowest BCUT2D eigenvalue weighted by atomic mass is 10.1. The second-order valence-corrected chi connectivity index (χ2v) is 9.46. The normalized spacial score (nSPS) is 17.5. The molecule has 1 aromatic carbocycles. The van der Waals surface area contributed by atoms with Crippen LogP contribution in [0.1, 0.15) is 31.4 Å². The first-order valence-corrected chi connectivity index (χ1v) is 12.6. The Morgan fingerprint density at radius 2 is 2.11 bits per heavy atom. The molecule has 0 radical (unpaired) electrons. The van der Waals surface area contributed by atoms with Crippen molar-refractivity contribution in [2.24, 2.45) is 0 Å². The Balaban J connectivity index is 1.58. The standard InChI is InChI=1S/C26H29ClF3N5O3/c1-4-5-6-7-11-34(2)25(36)18-13-16(15-31-18)38-20-14-22(35-12-10-21(33-35)26(28,29)30)32-24-17(20)8-9-19(37-3)23(24)27/h4,8-10,12,14,16,18,31H,1,5-7,11,13,15H2,2-3H3/t16-,18-/m0/s1. The summed E-state index contributed by atoms with van der Waals surface area (Å²) in [5, 5.41) is 7.59. The van der Waals surface area contributed by atoms with Gasteiger partial charge in [-0.2, -0.15) is 18.3 Å². The van der Waals surface area contributed by atoms with Crippen LogP contribution in [0.15, 0.2) is 43.1 Å². The van der Waals surface area contributed by atoms with Gasteiger partial charge >= 0.3 is 6.18 Å². The lowest BCUT2D eigenvalue weighted by Crippen LogP contribution is -2.41.